The molecule has 1 aromatic carbocycles. The van der Waals surface area contributed by atoms with Crippen molar-refractivity contribution in [2.24, 2.45) is 0 Å². The van der Waals surface area contributed by atoms with Crippen molar-refractivity contribution >= 4 is 35.1 Å². The molecule has 2 heterocycles. The Kier molecular flexibility index (Phi) is 9.21. The largest absolute Gasteiger partial charge is 0.490 e. The van der Waals surface area contributed by atoms with Crippen LogP contribution in [-0.4, -0.2) is 64.6 Å². The van der Waals surface area contributed by atoms with Gasteiger partial charge in [-0.3, -0.25) is 4.90 Å². The van der Waals surface area contributed by atoms with Crippen molar-refractivity contribution in [1.82, 2.24) is 10.2 Å². The third kappa shape index (κ3) is 8.54. The number of likely N-dealkylation sites (tertiary alicyclic amines) is 1. The fourth-order valence-electron chi connectivity index (χ4n) is 2.71. The summed E-state index contributed by atoms with van der Waals surface area (Å²) >= 11 is 11.9. The standard InChI is InChI=1S/C12H14Cl2N2.2C2HF3O2/c13-11-2-1-8(3-12(11)14)6-16-7-9-4-10(16)5-15-9;2*3-2(4,5)1(6)7/h1-3,9-10,15H,4-7H2;2*(H,6,7)/t9-,10-;;/m0../s1. The number of halogens is 8. The van der Waals surface area contributed by atoms with Crippen molar-refractivity contribution in [3.8, 4) is 0 Å². The lowest BCUT2D eigenvalue weighted by Crippen LogP contribution is -2.42. The molecule has 30 heavy (non-hydrogen) atoms. The lowest BCUT2D eigenvalue weighted by atomic mass is 10.2. The molecule has 14 heteroatoms. The van der Waals surface area contributed by atoms with Crippen LogP contribution in [-0.2, 0) is 16.1 Å². The van der Waals surface area contributed by atoms with Crippen LogP contribution in [0.4, 0.5) is 26.3 Å². The van der Waals surface area contributed by atoms with Crippen LogP contribution < -0.4 is 5.32 Å². The lowest BCUT2D eigenvalue weighted by molar-refractivity contribution is -0.193. The number of hydrogen-bond acceptors (Lipinski definition) is 4. The van der Waals surface area contributed by atoms with E-state index < -0.39 is 24.3 Å². The number of rotatable bonds is 2. The van der Waals surface area contributed by atoms with E-state index in [9.17, 15) is 26.3 Å². The van der Waals surface area contributed by atoms with E-state index in [-0.39, 0.29) is 0 Å². The molecule has 0 aliphatic carbocycles. The van der Waals surface area contributed by atoms with Crippen LogP contribution in [0.25, 0.3) is 0 Å². The number of nitrogens with one attached hydrogen (secondary N) is 1. The summed E-state index contributed by atoms with van der Waals surface area (Å²) in [5, 5.41) is 19.0. The summed E-state index contributed by atoms with van der Waals surface area (Å²) in [5.74, 6) is -5.51. The van der Waals surface area contributed by atoms with Gasteiger partial charge >= 0.3 is 24.3 Å². The van der Waals surface area contributed by atoms with E-state index in [0.717, 1.165) is 19.6 Å². The number of carboxylic acids is 2. The molecule has 0 unspecified atom stereocenters. The number of hydrogen-bond donors (Lipinski definition) is 3. The van der Waals surface area contributed by atoms with Gasteiger partial charge in [0.2, 0.25) is 0 Å². The van der Waals surface area contributed by atoms with Crippen molar-refractivity contribution < 1.29 is 46.1 Å². The van der Waals surface area contributed by atoms with Gasteiger partial charge in [0.15, 0.2) is 0 Å². The van der Waals surface area contributed by atoms with E-state index in [1.165, 1.54) is 12.0 Å². The molecule has 0 aromatic heterocycles. The molecule has 3 rings (SSSR count). The summed E-state index contributed by atoms with van der Waals surface area (Å²) in [6.45, 7) is 3.27. The molecule has 0 spiro atoms. The molecular formula is C16H16Cl2F6N2O4. The number of carbonyl (C=O) groups is 2. The molecule has 2 aliphatic rings. The summed E-state index contributed by atoms with van der Waals surface area (Å²) in [7, 11) is 0. The highest BCUT2D eigenvalue weighted by Gasteiger charge is 2.39. The van der Waals surface area contributed by atoms with E-state index >= 15 is 0 Å². The maximum absolute atomic E-state index is 10.6. The van der Waals surface area contributed by atoms with Crippen molar-refractivity contribution in [1.29, 1.82) is 0 Å². The molecule has 6 nitrogen and oxygen atoms in total. The molecule has 2 atom stereocenters. The van der Waals surface area contributed by atoms with Crippen molar-refractivity contribution in [2.75, 3.05) is 13.1 Å². The normalized spacial score (nSPS) is 20.7. The molecule has 2 bridgehead atoms. The maximum Gasteiger partial charge on any atom is 0.490 e. The number of aliphatic carboxylic acids is 2. The minimum Gasteiger partial charge on any atom is -0.475 e. The Hall–Kier alpha value is -1.76. The monoisotopic (exact) mass is 484 g/mol. The van der Waals surface area contributed by atoms with E-state index in [1.807, 2.05) is 12.1 Å². The minimum absolute atomic E-state index is 0.634. The Bertz CT molecular complexity index is 736. The van der Waals surface area contributed by atoms with Gasteiger partial charge in [0.25, 0.3) is 0 Å². The van der Waals surface area contributed by atoms with Gasteiger partial charge in [-0.25, -0.2) is 9.59 Å². The van der Waals surface area contributed by atoms with Crippen molar-refractivity contribution in [3.05, 3.63) is 33.8 Å². The van der Waals surface area contributed by atoms with Gasteiger partial charge in [0.05, 0.1) is 10.0 Å². The third-order valence-electron chi connectivity index (χ3n) is 4.02. The van der Waals surface area contributed by atoms with Gasteiger partial charge < -0.3 is 15.5 Å². The molecule has 3 N–H and O–H groups in total. The summed E-state index contributed by atoms with van der Waals surface area (Å²) < 4.78 is 63.5. The number of nitrogens with zero attached hydrogens (tertiary/aromatic N) is 1. The Morgan fingerprint density at radius 3 is 1.87 bits per heavy atom. The quantitative estimate of drug-likeness (QED) is 0.553. The molecule has 2 aliphatic heterocycles. The highest BCUT2D eigenvalue weighted by molar-refractivity contribution is 6.42. The van der Waals surface area contributed by atoms with Crippen LogP contribution in [0.2, 0.25) is 10.0 Å². The average molecular weight is 485 g/mol. The second-order valence-corrected chi connectivity index (χ2v) is 7.09. The molecule has 2 saturated heterocycles. The van der Waals surface area contributed by atoms with Crippen LogP contribution >= 0.6 is 23.2 Å². The first-order valence-corrected chi connectivity index (χ1v) is 8.88. The van der Waals surface area contributed by atoms with E-state index in [0.29, 0.717) is 22.1 Å². The van der Waals surface area contributed by atoms with Crippen molar-refractivity contribution in [3.63, 3.8) is 0 Å². The molecule has 0 saturated carbocycles. The van der Waals surface area contributed by atoms with E-state index in [4.69, 9.17) is 43.0 Å². The minimum atomic E-state index is -5.08. The molecule has 2 fully saturated rings. The fraction of sp³-hybridized carbons (Fsp3) is 0.500. The van der Waals surface area contributed by atoms with Gasteiger partial charge in [-0.05, 0) is 24.1 Å². The number of fused-ring (bicyclic) bond motifs is 2. The Morgan fingerprint density at radius 1 is 1.03 bits per heavy atom. The fourth-order valence-corrected chi connectivity index (χ4v) is 3.03. The second kappa shape index (κ2) is 10.5. The second-order valence-electron chi connectivity index (χ2n) is 6.28. The van der Waals surface area contributed by atoms with Gasteiger partial charge in [-0.1, -0.05) is 29.3 Å². The van der Waals surface area contributed by atoms with Gasteiger partial charge in [-0.2, -0.15) is 26.3 Å². The highest BCUT2D eigenvalue weighted by atomic mass is 35.5. The first-order valence-electron chi connectivity index (χ1n) is 8.12. The summed E-state index contributed by atoms with van der Waals surface area (Å²) in [6, 6.07) is 7.33. The number of benzene rings is 1. The molecule has 1 aromatic rings. The molecule has 170 valence electrons. The van der Waals surface area contributed by atoms with E-state index in [1.54, 1.807) is 0 Å². The zero-order valence-electron chi connectivity index (χ0n) is 14.9. The first-order chi connectivity index (χ1) is 13.6. The van der Waals surface area contributed by atoms with E-state index in [2.05, 4.69) is 16.3 Å². The molecular weight excluding hydrogens is 469 g/mol. The number of piperazine rings is 1. The zero-order valence-corrected chi connectivity index (χ0v) is 16.4. The van der Waals surface area contributed by atoms with Crippen LogP contribution in [0.15, 0.2) is 18.2 Å². The van der Waals surface area contributed by atoms with Crippen molar-refractivity contribution in [2.45, 2.75) is 37.4 Å². The van der Waals surface area contributed by atoms with Gasteiger partial charge in [0, 0.05) is 31.7 Å². The summed E-state index contributed by atoms with van der Waals surface area (Å²) in [6.07, 6.45) is -8.87. The summed E-state index contributed by atoms with van der Waals surface area (Å²) in [4.78, 5) is 20.3. The zero-order chi connectivity index (χ0) is 23.3. The Labute approximate surface area is 176 Å². The highest BCUT2D eigenvalue weighted by Crippen LogP contribution is 2.27. The topological polar surface area (TPSA) is 89.9 Å². The number of alkyl halides is 6. The van der Waals surface area contributed by atoms with Crippen LogP contribution in [0.1, 0.15) is 12.0 Å². The summed E-state index contributed by atoms with van der Waals surface area (Å²) in [5.41, 5.74) is 1.25. The smallest absolute Gasteiger partial charge is 0.475 e. The molecule has 0 amide bonds. The average Bonchev–Trinajstić information content (AvgIpc) is 3.20. The predicted octanol–water partition coefficient (Wildman–Crippen LogP) is 3.81. The maximum atomic E-state index is 10.6. The lowest BCUT2D eigenvalue weighted by Gasteiger charge is -2.27. The van der Waals surface area contributed by atoms with Crippen LogP contribution in [0.5, 0.6) is 0 Å². The molecule has 0 radical (unpaired) electrons. The van der Waals surface area contributed by atoms with Crippen LogP contribution in [0.3, 0.4) is 0 Å². The Morgan fingerprint density at radius 2 is 1.53 bits per heavy atom. The SMILES string of the molecule is Clc1ccc(CN2C[C@@H]3C[C@H]2CN3)cc1Cl.O=C(O)C(F)(F)F.O=C(O)C(F)(F)F. The third-order valence-corrected chi connectivity index (χ3v) is 4.76. The van der Waals surface area contributed by atoms with Gasteiger partial charge in [-0.15, -0.1) is 0 Å². The Balaban J connectivity index is 0.000000271. The van der Waals surface area contributed by atoms with Crippen LogP contribution in [0, 0.1) is 0 Å². The number of carboxylic acid groups (broad SMARTS) is 2. The predicted molar refractivity (Wildman–Crippen MR) is 94.4 cm³/mol. The van der Waals surface area contributed by atoms with Gasteiger partial charge in [0.1, 0.15) is 0 Å². The first kappa shape index (κ1) is 26.3.